The lowest BCUT2D eigenvalue weighted by Gasteiger charge is -2.17. The van der Waals surface area contributed by atoms with Crippen LogP contribution in [0.25, 0.3) is 0 Å². The Morgan fingerprint density at radius 2 is 1.86 bits per heavy atom. The van der Waals surface area contributed by atoms with Gasteiger partial charge in [0, 0.05) is 18.7 Å². The van der Waals surface area contributed by atoms with Gasteiger partial charge in [-0.05, 0) is 43.2 Å². The van der Waals surface area contributed by atoms with Gasteiger partial charge in [-0.3, -0.25) is 4.79 Å². The van der Waals surface area contributed by atoms with Crippen molar-refractivity contribution < 1.29 is 26.4 Å². The number of benzene rings is 2. The lowest BCUT2D eigenvalue weighted by molar-refractivity contribution is 0.102. The molecule has 11 heteroatoms. The molecule has 1 fully saturated rings. The summed E-state index contributed by atoms with van der Waals surface area (Å²) in [5, 5.41) is 2.46. The quantitative estimate of drug-likeness (QED) is 0.622. The number of alkyl halides is 2. The average molecular weight is 465 g/mol. The van der Waals surface area contributed by atoms with E-state index >= 15 is 0 Å². The van der Waals surface area contributed by atoms with Crippen molar-refractivity contribution in [2.75, 3.05) is 18.4 Å². The van der Waals surface area contributed by atoms with E-state index in [2.05, 4.69) is 5.32 Å². The Balaban J connectivity index is 1.91. The maximum Gasteiger partial charge on any atom is 0.289 e. The van der Waals surface area contributed by atoms with E-state index in [1.54, 1.807) is 0 Å². The Kier molecular flexibility index (Phi) is 6.77. The SMILES string of the molecule is O=C(Nc1cccc(Cl)c1SC(F)F)c1ccc(F)c(S(=O)(=O)N2CCCC2)c1. The number of thioether (sulfide) groups is 1. The number of nitrogens with zero attached hydrogens (tertiary/aromatic N) is 1. The molecule has 29 heavy (non-hydrogen) atoms. The molecule has 1 aliphatic rings. The van der Waals surface area contributed by atoms with Gasteiger partial charge in [-0.15, -0.1) is 0 Å². The number of hydrogen-bond acceptors (Lipinski definition) is 4. The Morgan fingerprint density at radius 1 is 1.17 bits per heavy atom. The van der Waals surface area contributed by atoms with Crippen molar-refractivity contribution in [1.29, 1.82) is 0 Å². The highest BCUT2D eigenvalue weighted by atomic mass is 35.5. The molecule has 0 aliphatic carbocycles. The van der Waals surface area contributed by atoms with Gasteiger partial charge >= 0.3 is 0 Å². The lowest BCUT2D eigenvalue weighted by atomic mass is 10.2. The zero-order valence-corrected chi connectivity index (χ0v) is 17.3. The lowest BCUT2D eigenvalue weighted by Crippen LogP contribution is -2.29. The largest absolute Gasteiger partial charge is 0.321 e. The molecule has 1 aliphatic heterocycles. The third kappa shape index (κ3) is 4.88. The van der Waals surface area contributed by atoms with E-state index in [1.165, 1.54) is 22.5 Å². The van der Waals surface area contributed by atoms with Crippen molar-refractivity contribution >= 4 is 45.0 Å². The van der Waals surface area contributed by atoms with Gasteiger partial charge in [0.2, 0.25) is 10.0 Å². The maximum atomic E-state index is 14.2. The summed E-state index contributed by atoms with van der Waals surface area (Å²) in [6.07, 6.45) is 1.36. The molecule has 0 spiro atoms. The first kappa shape index (κ1) is 21.9. The zero-order valence-electron chi connectivity index (χ0n) is 14.9. The molecule has 1 heterocycles. The molecule has 2 aromatic carbocycles. The minimum atomic E-state index is -4.08. The van der Waals surface area contributed by atoms with Gasteiger partial charge in [0.15, 0.2) is 0 Å². The summed E-state index contributed by atoms with van der Waals surface area (Å²) in [5.74, 6) is -4.50. The van der Waals surface area contributed by atoms with Crippen LogP contribution in [0.1, 0.15) is 23.2 Å². The molecule has 0 aromatic heterocycles. The number of sulfonamides is 1. The van der Waals surface area contributed by atoms with E-state index in [1.807, 2.05) is 0 Å². The second-order valence-electron chi connectivity index (χ2n) is 6.21. The number of nitrogens with one attached hydrogen (secondary N) is 1. The van der Waals surface area contributed by atoms with Crippen molar-refractivity contribution in [3.63, 3.8) is 0 Å². The third-order valence-corrected chi connectivity index (χ3v) is 7.49. The predicted octanol–water partition coefficient (Wildman–Crippen LogP) is 4.83. The number of anilines is 1. The fourth-order valence-corrected chi connectivity index (χ4v) is 5.44. The van der Waals surface area contributed by atoms with Gasteiger partial charge in [-0.2, -0.15) is 13.1 Å². The van der Waals surface area contributed by atoms with E-state index in [0.717, 1.165) is 18.2 Å². The van der Waals surface area contributed by atoms with E-state index in [4.69, 9.17) is 11.6 Å². The van der Waals surface area contributed by atoms with E-state index in [0.29, 0.717) is 12.8 Å². The number of halogens is 4. The highest BCUT2D eigenvalue weighted by Crippen LogP contribution is 2.38. The summed E-state index contributed by atoms with van der Waals surface area (Å²) in [6, 6.07) is 7.23. The summed E-state index contributed by atoms with van der Waals surface area (Å²) in [5.41, 5.74) is -0.0850. The topological polar surface area (TPSA) is 66.5 Å². The number of carbonyl (C=O) groups excluding carboxylic acids is 1. The molecule has 3 rings (SSSR count). The monoisotopic (exact) mass is 464 g/mol. The van der Waals surface area contributed by atoms with Gasteiger partial charge in [0.25, 0.3) is 11.7 Å². The van der Waals surface area contributed by atoms with E-state index < -0.39 is 32.4 Å². The number of amides is 1. The fourth-order valence-electron chi connectivity index (χ4n) is 2.92. The summed E-state index contributed by atoms with van der Waals surface area (Å²) < 4.78 is 66.3. The molecule has 0 unspecified atom stereocenters. The van der Waals surface area contributed by atoms with Crippen LogP contribution in [0.5, 0.6) is 0 Å². The summed E-state index contributed by atoms with van der Waals surface area (Å²) in [7, 11) is -4.08. The number of carbonyl (C=O) groups is 1. The molecule has 0 radical (unpaired) electrons. The predicted molar refractivity (Wildman–Crippen MR) is 106 cm³/mol. The summed E-state index contributed by atoms with van der Waals surface area (Å²) in [6.45, 7) is 0.573. The van der Waals surface area contributed by atoms with Crippen molar-refractivity contribution in [1.82, 2.24) is 4.31 Å². The molecular formula is C18H16ClF3N2O3S2. The van der Waals surface area contributed by atoms with E-state index in [9.17, 15) is 26.4 Å². The molecule has 1 N–H and O–H groups in total. The standard InChI is InChI=1S/C18H16ClF3N2O3S2/c19-12-4-3-5-14(16(12)28-18(21)22)23-17(25)11-6-7-13(20)15(10-11)29(26,27)24-8-1-2-9-24/h3-7,10,18H,1-2,8-9H2,(H,23,25). The van der Waals surface area contributed by atoms with Crippen LogP contribution >= 0.6 is 23.4 Å². The van der Waals surface area contributed by atoms with Crippen LogP contribution in [-0.2, 0) is 10.0 Å². The molecule has 0 atom stereocenters. The second kappa shape index (κ2) is 8.95. The van der Waals surface area contributed by atoms with Crippen molar-refractivity contribution in [2.45, 2.75) is 28.4 Å². The molecule has 1 amide bonds. The van der Waals surface area contributed by atoms with E-state index in [-0.39, 0.29) is 46.0 Å². The van der Waals surface area contributed by atoms with Gasteiger partial charge < -0.3 is 5.32 Å². The minimum Gasteiger partial charge on any atom is -0.321 e. The van der Waals surface area contributed by atoms with Gasteiger partial charge in [-0.1, -0.05) is 29.4 Å². The molecule has 5 nitrogen and oxygen atoms in total. The Labute approximate surface area is 175 Å². The van der Waals surface area contributed by atoms with Crippen molar-refractivity contribution in [3.05, 3.63) is 52.8 Å². The average Bonchev–Trinajstić information content (AvgIpc) is 3.20. The first-order valence-electron chi connectivity index (χ1n) is 8.54. The maximum absolute atomic E-state index is 14.2. The molecule has 0 saturated carbocycles. The Bertz CT molecular complexity index is 1030. The van der Waals surface area contributed by atoms with Crippen LogP contribution in [0.2, 0.25) is 5.02 Å². The van der Waals surface area contributed by atoms with Crippen LogP contribution in [0.15, 0.2) is 46.2 Å². The molecule has 1 saturated heterocycles. The van der Waals surface area contributed by atoms with Crippen LogP contribution in [0, 0.1) is 5.82 Å². The smallest absolute Gasteiger partial charge is 0.289 e. The molecular weight excluding hydrogens is 449 g/mol. The number of rotatable bonds is 6. The van der Waals surface area contributed by atoms with Crippen molar-refractivity contribution in [2.24, 2.45) is 0 Å². The van der Waals surface area contributed by atoms with Crippen LogP contribution in [0.3, 0.4) is 0 Å². The van der Waals surface area contributed by atoms with Crippen LogP contribution in [-0.4, -0.2) is 37.5 Å². The molecule has 0 bridgehead atoms. The highest BCUT2D eigenvalue weighted by molar-refractivity contribution is 7.99. The number of hydrogen-bond donors (Lipinski definition) is 1. The minimum absolute atomic E-state index is 0.0236. The van der Waals surface area contributed by atoms with Gasteiger partial charge in [0.1, 0.15) is 10.7 Å². The second-order valence-corrected chi connectivity index (χ2v) is 9.52. The summed E-state index contributed by atoms with van der Waals surface area (Å²) in [4.78, 5) is 12.0. The van der Waals surface area contributed by atoms with Crippen LogP contribution < -0.4 is 5.32 Å². The Morgan fingerprint density at radius 3 is 2.52 bits per heavy atom. The normalized spacial score (nSPS) is 15.1. The van der Waals surface area contributed by atoms with Gasteiger partial charge in [-0.25, -0.2) is 12.8 Å². The van der Waals surface area contributed by atoms with Crippen molar-refractivity contribution in [3.8, 4) is 0 Å². The molecule has 2 aromatic rings. The molecule has 156 valence electrons. The fraction of sp³-hybridized carbons (Fsp3) is 0.278. The highest BCUT2D eigenvalue weighted by Gasteiger charge is 2.30. The van der Waals surface area contributed by atoms with Crippen LogP contribution in [0.4, 0.5) is 18.9 Å². The zero-order chi connectivity index (χ0) is 21.2. The Hall–Kier alpha value is -1.75. The first-order valence-corrected chi connectivity index (χ1v) is 11.2. The van der Waals surface area contributed by atoms with Gasteiger partial charge in [0.05, 0.1) is 15.6 Å². The first-order chi connectivity index (χ1) is 13.7. The third-order valence-electron chi connectivity index (χ3n) is 4.30. The summed E-state index contributed by atoms with van der Waals surface area (Å²) >= 11 is 6.11.